The molecule has 0 bridgehead atoms. The Kier molecular flexibility index (Phi) is 2.39. The van der Waals surface area contributed by atoms with Gasteiger partial charge in [-0.2, -0.15) is 0 Å². The maximum absolute atomic E-state index is 13.3. The monoisotopic (exact) mass is 177 g/mol. The van der Waals surface area contributed by atoms with Gasteiger partial charge in [0.05, 0.1) is 0 Å². The minimum Gasteiger partial charge on any atom is -0.297 e. The molecule has 1 aliphatic rings. The fourth-order valence-corrected chi connectivity index (χ4v) is 1.69. The number of hydrogen-bond acceptors (Lipinski definition) is 1. The largest absolute Gasteiger partial charge is 0.297 e. The molecule has 0 saturated carbocycles. The van der Waals surface area contributed by atoms with Crippen molar-refractivity contribution in [1.29, 1.82) is 0 Å². The molecule has 0 aliphatic carbocycles. The van der Waals surface area contributed by atoms with E-state index in [2.05, 4.69) is 4.99 Å². The van der Waals surface area contributed by atoms with Gasteiger partial charge in [-0.05, 0) is 24.5 Å². The molecule has 0 N–H and O–H groups in total. The molecule has 0 amide bonds. The lowest BCUT2D eigenvalue weighted by molar-refractivity contribution is 0.586. The van der Waals surface area contributed by atoms with Gasteiger partial charge in [-0.1, -0.05) is 18.2 Å². The summed E-state index contributed by atoms with van der Waals surface area (Å²) in [6.07, 6.45) is 3.96. The lowest BCUT2D eigenvalue weighted by Gasteiger charge is -2.16. The SMILES string of the molecule is Fc1ccccc1C1C=NCCC1. The van der Waals surface area contributed by atoms with Crippen LogP contribution < -0.4 is 0 Å². The molecule has 2 rings (SSSR count). The van der Waals surface area contributed by atoms with Crippen LogP contribution in [0.15, 0.2) is 29.3 Å². The first-order chi connectivity index (χ1) is 6.38. The van der Waals surface area contributed by atoms with Gasteiger partial charge in [0.25, 0.3) is 0 Å². The first-order valence-corrected chi connectivity index (χ1v) is 4.62. The molecular weight excluding hydrogens is 165 g/mol. The van der Waals surface area contributed by atoms with Gasteiger partial charge >= 0.3 is 0 Å². The van der Waals surface area contributed by atoms with Crippen molar-refractivity contribution in [2.45, 2.75) is 18.8 Å². The predicted octanol–water partition coefficient (Wildman–Crippen LogP) is 2.77. The lowest BCUT2D eigenvalue weighted by atomic mass is 9.93. The lowest BCUT2D eigenvalue weighted by Crippen LogP contribution is -2.08. The van der Waals surface area contributed by atoms with Gasteiger partial charge < -0.3 is 0 Å². The summed E-state index contributed by atoms with van der Waals surface area (Å²) in [5.74, 6) is 0.0794. The van der Waals surface area contributed by atoms with Gasteiger partial charge in [0.2, 0.25) is 0 Å². The second-order valence-corrected chi connectivity index (χ2v) is 3.33. The topological polar surface area (TPSA) is 12.4 Å². The van der Waals surface area contributed by atoms with E-state index in [1.165, 1.54) is 6.07 Å². The standard InChI is InChI=1S/C11H12FN/c12-11-6-2-1-5-10(11)9-4-3-7-13-8-9/h1-2,5-6,8-9H,3-4,7H2. The first-order valence-electron chi connectivity index (χ1n) is 4.62. The van der Waals surface area contributed by atoms with Gasteiger partial charge in [0.15, 0.2) is 0 Å². The zero-order chi connectivity index (χ0) is 9.10. The molecular formula is C11H12FN. The molecule has 1 nitrogen and oxygen atoms in total. The van der Waals surface area contributed by atoms with Crippen LogP contribution in [0.25, 0.3) is 0 Å². The predicted molar refractivity (Wildman–Crippen MR) is 51.7 cm³/mol. The smallest absolute Gasteiger partial charge is 0.127 e. The van der Waals surface area contributed by atoms with Crippen LogP contribution in [0.1, 0.15) is 24.3 Å². The Bertz CT molecular complexity index is 320. The van der Waals surface area contributed by atoms with E-state index in [1.54, 1.807) is 6.07 Å². The number of rotatable bonds is 1. The summed E-state index contributed by atoms with van der Waals surface area (Å²) in [5.41, 5.74) is 0.783. The van der Waals surface area contributed by atoms with Crippen molar-refractivity contribution in [3.05, 3.63) is 35.6 Å². The molecule has 1 atom stereocenters. The van der Waals surface area contributed by atoms with E-state index in [0.29, 0.717) is 0 Å². The average Bonchev–Trinajstić information content (AvgIpc) is 2.20. The molecule has 0 radical (unpaired) electrons. The molecule has 0 aromatic heterocycles. The van der Waals surface area contributed by atoms with Crippen molar-refractivity contribution < 1.29 is 4.39 Å². The maximum atomic E-state index is 13.3. The quantitative estimate of drug-likeness (QED) is 0.625. The highest BCUT2D eigenvalue weighted by molar-refractivity contribution is 5.68. The highest BCUT2D eigenvalue weighted by Gasteiger charge is 2.14. The van der Waals surface area contributed by atoms with Crippen LogP contribution in [0.4, 0.5) is 4.39 Å². The van der Waals surface area contributed by atoms with Crippen LogP contribution in [-0.4, -0.2) is 12.8 Å². The average molecular weight is 177 g/mol. The summed E-state index contributed by atoms with van der Waals surface area (Å²) in [5, 5.41) is 0. The molecule has 0 saturated heterocycles. The fourth-order valence-electron chi connectivity index (χ4n) is 1.69. The molecule has 13 heavy (non-hydrogen) atoms. The Morgan fingerprint density at radius 3 is 2.85 bits per heavy atom. The van der Waals surface area contributed by atoms with Crippen LogP contribution in [-0.2, 0) is 0 Å². The van der Waals surface area contributed by atoms with E-state index in [1.807, 2.05) is 18.3 Å². The van der Waals surface area contributed by atoms with Crippen LogP contribution in [0.2, 0.25) is 0 Å². The van der Waals surface area contributed by atoms with E-state index >= 15 is 0 Å². The zero-order valence-electron chi connectivity index (χ0n) is 7.41. The van der Waals surface area contributed by atoms with E-state index in [9.17, 15) is 4.39 Å². The van der Waals surface area contributed by atoms with Crippen LogP contribution in [0.3, 0.4) is 0 Å². The van der Waals surface area contributed by atoms with Crippen molar-refractivity contribution in [2.75, 3.05) is 6.54 Å². The van der Waals surface area contributed by atoms with Crippen molar-refractivity contribution in [1.82, 2.24) is 0 Å². The van der Waals surface area contributed by atoms with E-state index in [0.717, 1.165) is 24.9 Å². The zero-order valence-corrected chi connectivity index (χ0v) is 7.41. The normalized spacial score (nSPS) is 21.8. The highest BCUT2D eigenvalue weighted by Crippen LogP contribution is 2.24. The molecule has 1 aliphatic heterocycles. The molecule has 2 heteroatoms. The molecule has 1 heterocycles. The molecule has 1 aromatic rings. The third kappa shape index (κ3) is 1.77. The van der Waals surface area contributed by atoms with Gasteiger partial charge in [-0.25, -0.2) is 4.39 Å². The molecule has 1 aromatic carbocycles. The summed E-state index contributed by atoms with van der Waals surface area (Å²) in [7, 11) is 0. The summed E-state index contributed by atoms with van der Waals surface area (Å²) in [4.78, 5) is 4.18. The number of benzene rings is 1. The molecule has 0 spiro atoms. The molecule has 68 valence electrons. The Morgan fingerprint density at radius 2 is 2.15 bits per heavy atom. The van der Waals surface area contributed by atoms with Crippen molar-refractivity contribution in [3.8, 4) is 0 Å². The van der Waals surface area contributed by atoms with Gasteiger partial charge in [-0.3, -0.25) is 4.99 Å². The second kappa shape index (κ2) is 3.69. The van der Waals surface area contributed by atoms with Gasteiger partial charge in [-0.15, -0.1) is 0 Å². The third-order valence-electron chi connectivity index (χ3n) is 2.39. The minimum absolute atomic E-state index is 0.110. The third-order valence-corrected chi connectivity index (χ3v) is 2.39. The maximum Gasteiger partial charge on any atom is 0.127 e. The Balaban J connectivity index is 2.29. The first kappa shape index (κ1) is 8.42. The number of aliphatic imine (C=N–C) groups is 1. The van der Waals surface area contributed by atoms with Crippen LogP contribution >= 0.6 is 0 Å². The number of nitrogens with zero attached hydrogens (tertiary/aromatic N) is 1. The van der Waals surface area contributed by atoms with Gasteiger partial charge in [0, 0.05) is 18.7 Å². The van der Waals surface area contributed by atoms with Crippen molar-refractivity contribution >= 4 is 6.21 Å². The Labute approximate surface area is 77.3 Å². The summed E-state index contributed by atoms with van der Waals surface area (Å²) in [6, 6.07) is 6.95. The fraction of sp³-hybridized carbons (Fsp3) is 0.364. The van der Waals surface area contributed by atoms with Crippen molar-refractivity contribution in [2.24, 2.45) is 4.99 Å². The summed E-state index contributed by atoms with van der Waals surface area (Å²) >= 11 is 0. The van der Waals surface area contributed by atoms with Crippen LogP contribution in [0.5, 0.6) is 0 Å². The minimum atomic E-state index is -0.110. The Hall–Kier alpha value is -1.18. The molecule has 0 fully saturated rings. The van der Waals surface area contributed by atoms with E-state index < -0.39 is 0 Å². The Morgan fingerprint density at radius 1 is 1.31 bits per heavy atom. The molecule has 1 unspecified atom stereocenters. The van der Waals surface area contributed by atoms with E-state index in [-0.39, 0.29) is 11.7 Å². The van der Waals surface area contributed by atoms with E-state index in [4.69, 9.17) is 0 Å². The van der Waals surface area contributed by atoms with Crippen molar-refractivity contribution in [3.63, 3.8) is 0 Å². The van der Waals surface area contributed by atoms with Gasteiger partial charge in [0.1, 0.15) is 5.82 Å². The number of hydrogen-bond donors (Lipinski definition) is 0. The summed E-state index contributed by atoms with van der Waals surface area (Å²) in [6.45, 7) is 0.894. The highest BCUT2D eigenvalue weighted by atomic mass is 19.1. The summed E-state index contributed by atoms with van der Waals surface area (Å²) < 4.78 is 13.3. The van der Waals surface area contributed by atoms with Crippen LogP contribution in [0, 0.1) is 5.82 Å². The second-order valence-electron chi connectivity index (χ2n) is 3.33. The number of halogens is 1.